The molecule has 0 radical (unpaired) electrons. The van der Waals surface area contributed by atoms with E-state index in [0.29, 0.717) is 0 Å². The van der Waals surface area contributed by atoms with Crippen LogP contribution in [0.2, 0.25) is 0 Å². The fourth-order valence-corrected chi connectivity index (χ4v) is 3.86. The minimum absolute atomic E-state index is 0.208. The van der Waals surface area contributed by atoms with Gasteiger partial charge >= 0.3 is 0 Å². The number of aliphatic hydroxyl groups is 1. The van der Waals surface area contributed by atoms with Gasteiger partial charge in [-0.05, 0) is 31.9 Å². The third-order valence-electron chi connectivity index (χ3n) is 4.02. The van der Waals surface area contributed by atoms with E-state index in [4.69, 9.17) is 0 Å². The first-order chi connectivity index (χ1) is 10.3. The SMILES string of the molecule is CN(Cc1cnc(C2CC2)s1)C(CCO)c1ccccc1. The molecule has 1 atom stereocenters. The first kappa shape index (κ1) is 14.7. The minimum atomic E-state index is 0.208. The monoisotopic (exact) mass is 302 g/mol. The summed E-state index contributed by atoms with van der Waals surface area (Å²) in [6.45, 7) is 1.10. The minimum Gasteiger partial charge on any atom is -0.396 e. The van der Waals surface area contributed by atoms with E-state index in [2.05, 4.69) is 41.2 Å². The smallest absolute Gasteiger partial charge is 0.0959 e. The first-order valence-corrected chi connectivity index (χ1v) is 8.40. The summed E-state index contributed by atoms with van der Waals surface area (Å²) in [7, 11) is 2.13. The predicted octanol–water partition coefficient (Wildman–Crippen LogP) is 3.58. The molecular formula is C17H22N2OS. The normalized spacial score (nSPS) is 16.3. The van der Waals surface area contributed by atoms with Gasteiger partial charge in [-0.2, -0.15) is 0 Å². The van der Waals surface area contributed by atoms with Gasteiger partial charge < -0.3 is 5.11 Å². The second-order valence-electron chi connectivity index (χ2n) is 5.79. The molecule has 21 heavy (non-hydrogen) atoms. The fourth-order valence-electron chi connectivity index (χ4n) is 2.71. The Bertz CT molecular complexity index is 565. The number of thiazole rings is 1. The molecule has 1 N–H and O–H groups in total. The van der Waals surface area contributed by atoms with Crippen molar-refractivity contribution in [3.05, 3.63) is 52.0 Å². The largest absolute Gasteiger partial charge is 0.396 e. The quantitative estimate of drug-likeness (QED) is 0.849. The summed E-state index contributed by atoms with van der Waals surface area (Å²) in [6, 6.07) is 10.7. The molecule has 0 bridgehead atoms. The molecular weight excluding hydrogens is 280 g/mol. The number of benzene rings is 1. The number of aromatic nitrogens is 1. The predicted molar refractivity (Wildman–Crippen MR) is 86.4 cm³/mol. The van der Waals surface area contributed by atoms with Crippen molar-refractivity contribution in [1.82, 2.24) is 9.88 Å². The summed E-state index contributed by atoms with van der Waals surface area (Å²) in [4.78, 5) is 8.18. The molecule has 1 aromatic heterocycles. The van der Waals surface area contributed by atoms with Crippen molar-refractivity contribution in [3.63, 3.8) is 0 Å². The molecule has 1 saturated carbocycles. The second-order valence-corrected chi connectivity index (χ2v) is 6.94. The molecule has 0 amide bonds. The van der Waals surface area contributed by atoms with Crippen LogP contribution < -0.4 is 0 Å². The molecule has 3 rings (SSSR count). The molecule has 112 valence electrons. The summed E-state index contributed by atoms with van der Waals surface area (Å²) in [5.41, 5.74) is 1.26. The van der Waals surface area contributed by atoms with E-state index in [-0.39, 0.29) is 12.6 Å². The van der Waals surface area contributed by atoms with Crippen LogP contribution in [-0.4, -0.2) is 28.6 Å². The van der Waals surface area contributed by atoms with Gasteiger partial charge in [0, 0.05) is 36.2 Å². The molecule has 1 fully saturated rings. The molecule has 1 aliphatic rings. The fraction of sp³-hybridized carbons (Fsp3) is 0.471. The first-order valence-electron chi connectivity index (χ1n) is 7.58. The van der Waals surface area contributed by atoms with Crippen LogP contribution in [0.15, 0.2) is 36.5 Å². The highest BCUT2D eigenvalue weighted by Crippen LogP contribution is 2.42. The molecule has 0 saturated heterocycles. The Balaban J connectivity index is 1.69. The number of nitrogens with zero attached hydrogens (tertiary/aromatic N) is 2. The van der Waals surface area contributed by atoms with Crippen molar-refractivity contribution < 1.29 is 5.11 Å². The third-order valence-corrected chi connectivity index (χ3v) is 5.17. The molecule has 1 aliphatic carbocycles. The number of aliphatic hydroxyl groups excluding tert-OH is 1. The Morgan fingerprint density at radius 2 is 2.10 bits per heavy atom. The third kappa shape index (κ3) is 3.70. The van der Waals surface area contributed by atoms with Gasteiger partial charge in [0.1, 0.15) is 0 Å². The van der Waals surface area contributed by atoms with E-state index in [0.717, 1.165) is 18.9 Å². The van der Waals surface area contributed by atoms with Crippen molar-refractivity contribution in [1.29, 1.82) is 0 Å². The Morgan fingerprint density at radius 3 is 2.76 bits per heavy atom. The van der Waals surface area contributed by atoms with Crippen molar-refractivity contribution >= 4 is 11.3 Å². The molecule has 2 aromatic rings. The van der Waals surface area contributed by atoms with Crippen LogP contribution in [0.25, 0.3) is 0 Å². The summed E-state index contributed by atoms with van der Waals surface area (Å²) in [6.07, 6.45) is 5.39. The van der Waals surface area contributed by atoms with Gasteiger partial charge in [0.15, 0.2) is 0 Å². The van der Waals surface area contributed by atoms with E-state index in [1.165, 1.54) is 28.3 Å². The Hall–Kier alpha value is -1.23. The molecule has 1 aromatic carbocycles. The zero-order chi connectivity index (χ0) is 14.7. The van der Waals surface area contributed by atoms with Crippen molar-refractivity contribution in [2.45, 2.75) is 37.8 Å². The van der Waals surface area contributed by atoms with E-state index in [9.17, 15) is 5.11 Å². The van der Waals surface area contributed by atoms with Crippen LogP contribution >= 0.6 is 11.3 Å². The summed E-state index contributed by atoms with van der Waals surface area (Å²) in [5, 5.41) is 10.7. The molecule has 4 heteroatoms. The Kier molecular flexibility index (Phi) is 4.68. The maximum Gasteiger partial charge on any atom is 0.0959 e. The molecule has 0 aliphatic heterocycles. The molecule has 1 unspecified atom stereocenters. The van der Waals surface area contributed by atoms with Gasteiger partial charge in [0.05, 0.1) is 5.01 Å². The van der Waals surface area contributed by atoms with E-state index in [1.807, 2.05) is 23.6 Å². The van der Waals surface area contributed by atoms with Crippen LogP contribution in [0.1, 0.15) is 46.7 Å². The zero-order valence-electron chi connectivity index (χ0n) is 12.4. The average Bonchev–Trinajstić information content (AvgIpc) is 3.26. The lowest BCUT2D eigenvalue weighted by atomic mass is 10.0. The Morgan fingerprint density at radius 1 is 1.33 bits per heavy atom. The summed E-state index contributed by atoms with van der Waals surface area (Å²) >= 11 is 1.85. The highest BCUT2D eigenvalue weighted by molar-refractivity contribution is 7.11. The lowest BCUT2D eigenvalue weighted by Crippen LogP contribution is -2.24. The van der Waals surface area contributed by atoms with E-state index >= 15 is 0 Å². The van der Waals surface area contributed by atoms with Crippen molar-refractivity contribution in [2.24, 2.45) is 0 Å². The molecule has 0 spiro atoms. The van der Waals surface area contributed by atoms with Gasteiger partial charge in [-0.1, -0.05) is 30.3 Å². The van der Waals surface area contributed by atoms with Gasteiger partial charge in [-0.25, -0.2) is 4.98 Å². The van der Waals surface area contributed by atoms with E-state index < -0.39 is 0 Å². The topological polar surface area (TPSA) is 36.4 Å². The van der Waals surface area contributed by atoms with Crippen LogP contribution in [0.4, 0.5) is 0 Å². The van der Waals surface area contributed by atoms with Gasteiger partial charge in [0.25, 0.3) is 0 Å². The van der Waals surface area contributed by atoms with Crippen LogP contribution in [0.5, 0.6) is 0 Å². The second kappa shape index (κ2) is 6.69. The maximum absolute atomic E-state index is 9.36. The van der Waals surface area contributed by atoms with Gasteiger partial charge in [-0.3, -0.25) is 4.90 Å². The van der Waals surface area contributed by atoms with Gasteiger partial charge in [0.2, 0.25) is 0 Å². The van der Waals surface area contributed by atoms with Gasteiger partial charge in [-0.15, -0.1) is 11.3 Å². The Labute approximate surface area is 130 Å². The highest BCUT2D eigenvalue weighted by Gasteiger charge is 2.27. The lowest BCUT2D eigenvalue weighted by Gasteiger charge is -2.27. The van der Waals surface area contributed by atoms with Crippen molar-refractivity contribution in [3.8, 4) is 0 Å². The van der Waals surface area contributed by atoms with Crippen LogP contribution in [0.3, 0.4) is 0 Å². The highest BCUT2D eigenvalue weighted by atomic mass is 32.1. The summed E-state index contributed by atoms with van der Waals surface area (Å²) in [5.74, 6) is 0.733. The van der Waals surface area contributed by atoms with Crippen LogP contribution in [-0.2, 0) is 6.54 Å². The zero-order valence-corrected chi connectivity index (χ0v) is 13.2. The molecule has 1 heterocycles. The molecule has 3 nitrogen and oxygen atoms in total. The lowest BCUT2D eigenvalue weighted by molar-refractivity contribution is 0.181. The number of rotatable bonds is 7. The number of hydrogen-bond acceptors (Lipinski definition) is 4. The van der Waals surface area contributed by atoms with Crippen LogP contribution in [0, 0.1) is 0 Å². The average molecular weight is 302 g/mol. The number of hydrogen-bond donors (Lipinski definition) is 1. The summed E-state index contributed by atoms with van der Waals surface area (Å²) < 4.78 is 0. The van der Waals surface area contributed by atoms with E-state index in [1.54, 1.807) is 0 Å². The maximum atomic E-state index is 9.36. The standard InChI is InChI=1S/C17H22N2OS/c1-19(12-15-11-18-17(21-15)14-7-8-14)16(9-10-20)13-5-3-2-4-6-13/h2-6,11,14,16,20H,7-10,12H2,1H3. The van der Waals surface area contributed by atoms with Crippen molar-refractivity contribution in [2.75, 3.05) is 13.7 Å².